The molecule has 2 aliphatic heterocycles. The molecule has 1 fully saturated rings. The second kappa shape index (κ2) is 9.26. The van der Waals surface area contributed by atoms with Crippen molar-refractivity contribution in [2.75, 3.05) is 25.0 Å². The Labute approximate surface area is 207 Å². The molecule has 0 saturated carbocycles. The first kappa shape index (κ1) is 25.2. The van der Waals surface area contributed by atoms with Crippen molar-refractivity contribution >= 4 is 17.5 Å². The quantitative estimate of drug-likeness (QED) is 0.627. The summed E-state index contributed by atoms with van der Waals surface area (Å²) in [5.41, 5.74) is 5.06. The summed E-state index contributed by atoms with van der Waals surface area (Å²) < 4.78 is 13.3. The van der Waals surface area contributed by atoms with Gasteiger partial charge in [0.15, 0.2) is 0 Å². The number of carbonyl (C=O) groups excluding carboxylic acids is 2. The number of benzene rings is 2. The van der Waals surface area contributed by atoms with E-state index in [1.807, 2.05) is 57.7 Å². The average molecular weight is 482 g/mol. The largest absolute Gasteiger partial charge is 0.507 e. The van der Waals surface area contributed by atoms with Crippen LogP contribution in [-0.2, 0) is 22.6 Å². The van der Waals surface area contributed by atoms with Crippen LogP contribution < -0.4 is 5.32 Å². The van der Waals surface area contributed by atoms with E-state index in [1.54, 1.807) is 17.9 Å². The third-order valence-corrected chi connectivity index (χ3v) is 7.22. The van der Waals surface area contributed by atoms with Gasteiger partial charge in [-0.15, -0.1) is 0 Å². The van der Waals surface area contributed by atoms with Gasteiger partial charge in [0.05, 0.1) is 0 Å². The number of aromatic hydroxyl groups is 1. The van der Waals surface area contributed by atoms with Crippen LogP contribution in [0.1, 0.15) is 60.2 Å². The van der Waals surface area contributed by atoms with E-state index < -0.39 is 17.6 Å². The minimum Gasteiger partial charge on any atom is -0.507 e. The molecule has 35 heavy (non-hydrogen) atoms. The van der Waals surface area contributed by atoms with Gasteiger partial charge in [-0.2, -0.15) is 0 Å². The fourth-order valence-electron chi connectivity index (χ4n) is 4.99. The number of phenols is 1. The van der Waals surface area contributed by atoms with Crippen LogP contribution in [0.5, 0.6) is 5.75 Å². The molecule has 2 N–H and O–H groups in total. The van der Waals surface area contributed by atoms with Crippen LogP contribution in [-0.4, -0.2) is 52.5 Å². The van der Waals surface area contributed by atoms with E-state index in [1.165, 1.54) is 0 Å². The summed E-state index contributed by atoms with van der Waals surface area (Å²) in [4.78, 5) is 31.0. The lowest BCUT2D eigenvalue weighted by Gasteiger charge is -2.40. The summed E-state index contributed by atoms with van der Waals surface area (Å²) in [6.45, 7) is 13.0. The van der Waals surface area contributed by atoms with E-state index in [-0.39, 0.29) is 17.6 Å². The number of carbonyl (C=O) groups is 2. The summed E-state index contributed by atoms with van der Waals surface area (Å²) in [5.74, 6) is -0.133. The van der Waals surface area contributed by atoms with Gasteiger partial charge in [0.2, 0.25) is 5.91 Å². The van der Waals surface area contributed by atoms with E-state index in [0.717, 1.165) is 27.8 Å². The van der Waals surface area contributed by atoms with Gasteiger partial charge in [0, 0.05) is 37.3 Å². The van der Waals surface area contributed by atoms with Crippen LogP contribution in [0, 0.1) is 26.2 Å². The van der Waals surface area contributed by atoms with Crippen LogP contribution >= 0.6 is 0 Å². The van der Waals surface area contributed by atoms with Gasteiger partial charge in [-0.3, -0.25) is 14.5 Å². The van der Waals surface area contributed by atoms with Crippen molar-refractivity contribution in [3.05, 3.63) is 57.6 Å². The third-order valence-electron chi connectivity index (χ3n) is 7.22. The maximum absolute atomic E-state index is 13.8. The van der Waals surface area contributed by atoms with Gasteiger partial charge in [0.1, 0.15) is 18.0 Å². The Balaban J connectivity index is 1.72. The van der Waals surface area contributed by atoms with Crippen molar-refractivity contribution in [2.45, 2.75) is 66.7 Å². The molecular formula is C28H36FN3O3. The minimum atomic E-state index is -0.774. The summed E-state index contributed by atoms with van der Waals surface area (Å²) in [6, 6.07) is 7.08. The number of anilines is 1. The molecule has 6 nitrogen and oxygen atoms in total. The van der Waals surface area contributed by atoms with E-state index in [9.17, 15) is 19.1 Å². The number of halogens is 1. The number of alkyl halides is 1. The lowest BCUT2D eigenvalue weighted by Crippen LogP contribution is -2.49. The second-order valence-electron chi connectivity index (χ2n) is 11.1. The summed E-state index contributed by atoms with van der Waals surface area (Å²) in [7, 11) is 0. The number of rotatable bonds is 4. The fraction of sp³-hybridized carbons (Fsp3) is 0.500. The maximum atomic E-state index is 13.8. The van der Waals surface area contributed by atoms with E-state index in [2.05, 4.69) is 5.32 Å². The minimum absolute atomic E-state index is 0.0773. The molecule has 1 unspecified atom stereocenters. The summed E-state index contributed by atoms with van der Waals surface area (Å²) >= 11 is 0. The first-order valence-corrected chi connectivity index (χ1v) is 12.3. The second-order valence-corrected chi connectivity index (χ2v) is 11.1. The lowest BCUT2D eigenvalue weighted by molar-refractivity contribution is -0.146. The lowest BCUT2D eigenvalue weighted by atomic mass is 9.86. The molecule has 188 valence electrons. The smallest absolute Gasteiger partial charge is 0.251 e. The first-order valence-electron chi connectivity index (χ1n) is 12.3. The molecule has 0 radical (unpaired) electrons. The summed E-state index contributed by atoms with van der Waals surface area (Å²) in [5, 5.41) is 13.3. The Kier molecular flexibility index (Phi) is 6.66. The molecule has 2 aromatic carbocycles. The van der Waals surface area contributed by atoms with Crippen molar-refractivity contribution in [1.29, 1.82) is 0 Å². The van der Waals surface area contributed by atoms with Crippen LogP contribution in [0.2, 0.25) is 0 Å². The Morgan fingerprint density at radius 3 is 2.43 bits per heavy atom. The molecule has 2 aromatic rings. The maximum Gasteiger partial charge on any atom is 0.251 e. The zero-order chi connectivity index (χ0) is 25.7. The molecule has 0 aromatic heterocycles. The third kappa shape index (κ3) is 4.92. The standard InChI is InChI=1S/C28H36FN3O3/c1-16-11-23(17(2)18(3)25(16)33)30-26(34)24-22-12-19(13-31-14-21(29)15-31)7-8-20(22)9-10-32(24)27(35)28(4,5)6/h7-8,11-12,21,24,33H,9-10,13-15H2,1-6H3,(H,30,34). The molecule has 1 atom stereocenters. The molecule has 2 aliphatic rings. The normalized spacial score (nSPS) is 18.7. The van der Waals surface area contributed by atoms with Crippen LogP contribution in [0.15, 0.2) is 24.3 Å². The van der Waals surface area contributed by atoms with Crippen LogP contribution in [0.3, 0.4) is 0 Å². The molecule has 2 amide bonds. The Morgan fingerprint density at radius 2 is 1.80 bits per heavy atom. The number of phenolic OH excluding ortho intramolecular Hbond substituents is 1. The molecule has 7 heteroatoms. The highest BCUT2D eigenvalue weighted by atomic mass is 19.1. The molecular weight excluding hydrogens is 445 g/mol. The Hall–Kier alpha value is -2.93. The number of aryl methyl sites for hydroxylation is 1. The fourth-order valence-corrected chi connectivity index (χ4v) is 4.99. The molecule has 1 saturated heterocycles. The zero-order valence-corrected chi connectivity index (χ0v) is 21.5. The van der Waals surface area contributed by atoms with Gasteiger partial charge >= 0.3 is 0 Å². The van der Waals surface area contributed by atoms with Crippen LogP contribution in [0.25, 0.3) is 0 Å². The number of nitrogens with zero attached hydrogens (tertiary/aromatic N) is 2. The van der Waals surface area contributed by atoms with Gasteiger partial charge < -0.3 is 15.3 Å². The molecule has 4 rings (SSSR count). The number of hydrogen-bond donors (Lipinski definition) is 2. The SMILES string of the molecule is Cc1cc(NC(=O)C2c3cc(CN4CC(F)C4)ccc3CCN2C(=O)C(C)(C)C)c(C)c(C)c1O. The number of hydrogen-bond acceptors (Lipinski definition) is 4. The number of fused-ring (bicyclic) bond motifs is 1. The van der Waals surface area contributed by atoms with E-state index in [4.69, 9.17) is 0 Å². The van der Waals surface area contributed by atoms with Crippen molar-refractivity contribution in [2.24, 2.45) is 5.41 Å². The van der Waals surface area contributed by atoms with Gasteiger partial charge in [0.25, 0.3) is 5.91 Å². The number of amides is 2. The average Bonchev–Trinajstić information content (AvgIpc) is 2.78. The monoisotopic (exact) mass is 481 g/mol. The zero-order valence-electron chi connectivity index (χ0n) is 21.5. The molecule has 2 heterocycles. The first-order chi connectivity index (χ1) is 16.4. The van der Waals surface area contributed by atoms with Crippen molar-refractivity contribution in [1.82, 2.24) is 9.80 Å². The number of likely N-dealkylation sites (tertiary alicyclic amines) is 1. The van der Waals surface area contributed by atoms with Gasteiger partial charge in [-0.1, -0.05) is 39.0 Å². The topological polar surface area (TPSA) is 72.9 Å². The number of nitrogens with one attached hydrogen (secondary N) is 1. The highest BCUT2D eigenvalue weighted by Gasteiger charge is 2.40. The highest BCUT2D eigenvalue weighted by Crippen LogP contribution is 2.37. The van der Waals surface area contributed by atoms with E-state index >= 15 is 0 Å². The molecule has 0 spiro atoms. The Bertz CT molecular complexity index is 1170. The Morgan fingerprint density at radius 1 is 1.11 bits per heavy atom. The molecule has 0 bridgehead atoms. The van der Waals surface area contributed by atoms with Gasteiger partial charge in [-0.25, -0.2) is 4.39 Å². The van der Waals surface area contributed by atoms with E-state index in [0.29, 0.717) is 43.9 Å². The van der Waals surface area contributed by atoms with Crippen molar-refractivity contribution in [3.63, 3.8) is 0 Å². The predicted molar refractivity (Wildman–Crippen MR) is 135 cm³/mol. The van der Waals surface area contributed by atoms with Crippen molar-refractivity contribution < 1.29 is 19.1 Å². The predicted octanol–water partition coefficient (Wildman–Crippen LogP) is 4.58. The van der Waals surface area contributed by atoms with Crippen molar-refractivity contribution in [3.8, 4) is 5.75 Å². The van der Waals surface area contributed by atoms with Gasteiger partial charge in [-0.05, 0) is 66.6 Å². The summed E-state index contributed by atoms with van der Waals surface area (Å²) in [6.07, 6.45) is -0.0972. The van der Waals surface area contributed by atoms with Crippen LogP contribution in [0.4, 0.5) is 10.1 Å². The highest BCUT2D eigenvalue weighted by molar-refractivity contribution is 5.99. The molecule has 0 aliphatic carbocycles.